The highest BCUT2D eigenvalue weighted by atomic mass is 16.5. The number of aliphatic imine (C=N–C) groups is 1. The van der Waals surface area contributed by atoms with E-state index in [9.17, 15) is 0 Å². The van der Waals surface area contributed by atoms with Crippen LogP contribution < -0.4 is 10.6 Å². The van der Waals surface area contributed by atoms with Gasteiger partial charge < -0.3 is 24.8 Å². The summed E-state index contributed by atoms with van der Waals surface area (Å²) in [6.07, 6.45) is 7.48. The molecule has 2 aliphatic heterocycles. The predicted molar refractivity (Wildman–Crippen MR) is 113 cm³/mol. The highest BCUT2D eigenvalue weighted by Crippen LogP contribution is 2.17. The summed E-state index contributed by atoms with van der Waals surface area (Å²) in [5, 5.41) is 7.04. The van der Waals surface area contributed by atoms with Gasteiger partial charge in [0.05, 0.1) is 6.61 Å². The topological polar surface area (TPSA) is 66.7 Å². The zero-order valence-electron chi connectivity index (χ0n) is 17.9. The van der Waals surface area contributed by atoms with Crippen LogP contribution in [-0.4, -0.2) is 65.8 Å². The largest absolute Gasteiger partial charge is 0.381 e. The summed E-state index contributed by atoms with van der Waals surface area (Å²) >= 11 is 0. The quantitative estimate of drug-likeness (QED) is 0.526. The molecule has 0 saturated carbocycles. The summed E-state index contributed by atoms with van der Waals surface area (Å²) in [5.41, 5.74) is 0. The van der Waals surface area contributed by atoms with E-state index in [1.807, 2.05) is 6.20 Å². The van der Waals surface area contributed by atoms with E-state index in [0.717, 1.165) is 57.1 Å². The van der Waals surface area contributed by atoms with Crippen molar-refractivity contribution < 1.29 is 4.74 Å². The van der Waals surface area contributed by atoms with Gasteiger partial charge in [0.2, 0.25) is 0 Å². The lowest BCUT2D eigenvalue weighted by Crippen LogP contribution is -2.49. The number of hydrogen-bond donors (Lipinski definition) is 2. The van der Waals surface area contributed by atoms with Crippen molar-refractivity contribution >= 4 is 5.96 Å². The lowest BCUT2D eigenvalue weighted by molar-refractivity contribution is 0.150. The average molecular weight is 391 g/mol. The second-order valence-corrected chi connectivity index (χ2v) is 8.53. The molecule has 2 aliphatic rings. The van der Waals surface area contributed by atoms with Crippen molar-refractivity contribution in [3.05, 3.63) is 18.2 Å². The molecule has 1 aromatic rings. The number of rotatable bonds is 8. The number of ether oxygens (including phenoxy) is 1. The molecule has 0 aliphatic carbocycles. The van der Waals surface area contributed by atoms with E-state index < -0.39 is 0 Å². The van der Waals surface area contributed by atoms with Gasteiger partial charge in [0, 0.05) is 57.8 Å². The third kappa shape index (κ3) is 6.48. The Kier molecular flexibility index (Phi) is 8.15. The first-order valence-electron chi connectivity index (χ1n) is 11.0. The van der Waals surface area contributed by atoms with Gasteiger partial charge in [-0.1, -0.05) is 13.8 Å². The maximum atomic E-state index is 5.52. The summed E-state index contributed by atoms with van der Waals surface area (Å²) in [6.45, 7) is 14.4. The number of nitrogens with zero attached hydrogens (tertiary/aromatic N) is 4. The number of nitrogens with one attached hydrogen (secondary N) is 2. The Morgan fingerprint density at radius 2 is 2.14 bits per heavy atom. The molecule has 28 heavy (non-hydrogen) atoms. The minimum atomic E-state index is 0.490. The number of hydrogen-bond acceptors (Lipinski definition) is 4. The van der Waals surface area contributed by atoms with Crippen LogP contribution in [0.5, 0.6) is 0 Å². The third-order valence-corrected chi connectivity index (χ3v) is 5.56. The van der Waals surface area contributed by atoms with Crippen molar-refractivity contribution in [2.75, 3.05) is 39.4 Å². The van der Waals surface area contributed by atoms with E-state index in [-0.39, 0.29) is 0 Å². The highest BCUT2D eigenvalue weighted by Gasteiger charge is 2.24. The van der Waals surface area contributed by atoms with Crippen LogP contribution in [0.3, 0.4) is 0 Å². The van der Waals surface area contributed by atoms with Crippen molar-refractivity contribution in [1.29, 1.82) is 0 Å². The van der Waals surface area contributed by atoms with Crippen LogP contribution in [-0.2, 0) is 17.8 Å². The van der Waals surface area contributed by atoms with E-state index in [2.05, 4.69) is 52.1 Å². The lowest BCUT2D eigenvalue weighted by atomic mass is 10.0. The van der Waals surface area contributed by atoms with Gasteiger partial charge in [0.25, 0.3) is 0 Å². The molecule has 0 amide bonds. The number of aromatic nitrogens is 2. The highest BCUT2D eigenvalue weighted by molar-refractivity contribution is 5.80. The molecule has 0 bridgehead atoms. The van der Waals surface area contributed by atoms with Gasteiger partial charge in [-0.3, -0.25) is 0 Å². The molecule has 1 atom stereocenters. The fourth-order valence-corrected chi connectivity index (χ4v) is 4.07. The summed E-state index contributed by atoms with van der Waals surface area (Å²) < 4.78 is 7.73. The molecule has 2 saturated heterocycles. The van der Waals surface area contributed by atoms with Gasteiger partial charge in [-0.05, 0) is 38.0 Å². The molecule has 1 unspecified atom stereocenters. The van der Waals surface area contributed by atoms with Crippen LogP contribution in [0.4, 0.5) is 0 Å². The van der Waals surface area contributed by atoms with Crippen molar-refractivity contribution in [3.63, 3.8) is 0 Å². The summed E-state index contributed by atoms with van der Waals surface area (Å²) in [6, 6.07) is 0.490. The summed E-state index contributed by atoms with van der Waals surface area (Å²) in [7, 11) is 0. The SMILES string of the molecule is CCNC(=NCc1nccn1CC(C)C)NC1CCN(CC2CCOC2)CC1. The van der Waals surface area contributed by atoms with Gasteiger partial charge in [-0.2, -0.15) is 0 Å². The predicted octanol–water partition coefficient (Wildman–Crippen LogP) is 2.10. The maximum absolute atomic E-state index is 5.52. The molecule has 0 spiro atoms. The van der Waals surface area contributed by atoms with Crippen LogP contribution in [0.1, 0.15) is 45.9 Å². The molecule has 3 rings (SSSR count). The number of piperidine rings is 1. The van der Waals surface area contributed by atoms with E-state index in [0.29, 0.717) is 18.5 Å². The van der Waals surface area contributed by atoms with Crippen LogP contribution in [0.2, 0.25) is 0 Å². The minimum Gasteiger partial charge on any atom is -0.381 e. The van der Waals surface area contributed by atoms with Gasteiger partial charge in [-0.15, -0.1) is 0 Å². The fraction of sp³-hybridized carbons (Fsp3) is 0.810. The maximum Gasteiger partial charge on any atom is 0.191 e. The van der Waals surface area contributed by atoms with Crippen molar-refractivity contribution in [2.45, 2.75) is 59.2 Å². The normalized spacial score (nSPS) is 22.1. The molecule has 0 radical (unpaired) electrons. The lowest BCUT2D eigenvalue weighted by Gasteiger charge is -2.34. The molecule has 2 N–H and O–H groups in total. The molecule has 3 heterocycles. The zero-order chi connectivity index (χ0) is 19.8. The van der Waals surface area contributed by atoms with E-state index in [1.54, 1.807) is 0 Å². The van der Waals surface area contributed by atoms with Crippen LogP contribution >= 0.6 is 0 Å². The molecule has 7 heteroatoms. The smallest absolute Gasteiger partial charge is 0.191 e. The molecule has 1 aromatic heterocycles. The van der Waals surface area contributed by atoms with Gasteiger partial charge in [0.1, 0.15) is 12.4 Å². The van der Waals surface area contributed by atoms with Gasteiger partial charge >= 0.3 is 0 Å². The molecule has 7 nitrogen and oxygen atoms in total. The van der Waals surface area contributed by atoms with Crippen molar-refractivity contribution in [1.82, 2.24) is 25.1 Å². The van der Waals surface area contributed by atoms with Crippen LogP contribution in [0, 0.1) is 11.8 Å². The number of likely N-dealkylation sites (tertiary alicyclic amines) is 1. The first-order chi connectivity index (χ1) is 13.6. The summed E-state index contributed by atoms with van der Waals surface area (Å²) in [4.78, 5) is 11.9. The second kappa shape index (κ2) is 10.8. The van der Waals surface area contributed by atoms with Gasteiger partial charge in [-0.25, -0.2) is 9.98 Å². The van der Waals surface area contributed by atoms with Crippen LogP contribution in [0.15, 0.2) is 17.4 Å². The molecular weight excluding hydrogens is 352 g/mol. The van der Waals surface area contributed by atoms with Crippen molar-refractivity contribution in [2.24, 2.45) is 16.8 Å². The number of imidazole rings is 1. The van der Waals surface area contributed by atoms with E-state index >= 15 is 0 Å². The molecule has 0 aromatic carbocycles. The Balaban J connectivity index is 1.48. The monoisotopic (exact) mass is 390 g/mol. The Morgan fingerprint density at radius 3 is 2.82 bits per heavy atom. The molecule has 158 valence electrons. The third-order valence-electron chi connectivity index (χ3n) is 5.56. The Labute approximate surface area is 169 Å². The Morgan fingerprint density at radius 1 is 1.32 bits per heavy atom. The fourth-order valence-electron chi connectivity index (χ4n) is 4.07. The molecule has 2 fully saturated rings. The van der Waals surface area contributed by atoms with E-state index in [4.69, 9.17) is 9.73 Å². The minimum absolute atomic E-state index is 0.490. The second-order valence-electron chi connectivity index (χ2n) is 8.53. The van der Waals surface area contributed by atoms with E-state index in [1.165, 1.54) is 25.8 Å². The van der Waals surface area contributed by atoms with Gasteiger partial charge in [0.15, 0.2) is 5.96 Å². The Hall–Kier alpha value is -1.60. The first-order valence-corrected chi connectivity index (χ1v) is 11.0. The zero-order valence-corrected chi connectivity index (χ0v) is 17.9. The van der Waals surface area contributed by atoms with Crippen molar-refractivity contribution in [3.8, 4) is 0 Å². The van der Waals surface area contributed by atoms with Crippen LogP contribution in [0.25, 0.3) is 0 Å². The molecular formula is C21H38N6O. The summed E-state index contributed by atoms with van der Waals surface area (Å²) in [5.74, 6) is 3.27. The first kappa shape index (κ1) is 21.1. The Bertz CT molecular complexity index is 600. The standard InChI is InChI=1S/C21H38N6O/c1-4-22-21(24-13-20-23-8-11-27(20)14-17(2)3)25-19-5-9-26(10-6-19)15-18-7-12-28-16-18/h8,11,17-19H,4-7,9-10,12-16H2,1-3H3,(H2,22,24,25). The number of guanidine groups is 1. The average Bonchev–Trinajstić information content (AvgIpc) is 3.33.